The quantitative estimate of drug-likeness (QED) is 0.845. The van der Waals surface area contributed by atoms with Gasteiger partial charge in [0.05, 0.1) is 18.6 Å². The maximum atomic E-state index is 12.0. The molecule has 0 aromatic carbocycles. The van der Waals surface area contributed by atoms with Gasteiger partial charge in [-0.05, 0) is 26.0 Å². The van der Waals surface area contributed by atoms with E-state index in [1.165, 1.54) is 18.4 Å². The lowest BCUT2D eigenvalue weighted by Gasteiger charge is -2.25. The van der Waals surface area contributed by atoms with Gasteiger partial charge in [0, 0.05) is 9.75 Å². The Kier molecular flexibility index (Phi) is 3.81. The van der Waals surface area contributed by atoms with Crippen molar-refractivity contribution in [3.05, 3.63) is 44.7 Å². The zero-order chi connectivity index (χ0) is 14.9. The fourth-order valence-corrected chi connectivity index (χ4v) is 3.15. The van der Waals surface area contributed by atoms with Crippen LogP contribution in [-0.2, 0) is 14.3 Å². The van der Waals surface area contributed by atoms with Crippen molar-refractivity contribution in [1.82, 2.24) is 0 Å². The molecule has 104 valence electrons. The Morgan fingerprint density at radius 2 is 2.20 bits per heavy atom. The summed E-state index contributed by atoms with van der Waals surface area (Å²) in [4.78, 5) is 14.0. The summed E-state index contributed by atoms with van der Waals surface area (Å²) in [6.07, 6.45) is 0. The first-order chi connectivity index (χ1) is 9.49. The molecule has 6 heteroatoms. The fourth-order valence-electron chi connectivity index (χ4n) is 2.15. The second-order valence-electron chi connectivity index (χ2n) is 4.33. The number of nitriles is 1. The topological polar surface area (TPSA) is 85.3 Å². The molecule has 5 nitrogen and oxygen atoms in total. The summed E-state index contributed by atoms with van der Waals surface area (Å²) in [6.45, 7) is 3.60. The zero-order valence-corrected chi connectivity index (χ0v) is 12.2. The van der Waals surface area contributed by atoms with Gasteiger partial charge in [-0.25, -0.2) is 4.79 Å². The van der Waals surface area contributed by atoms with Crippen molar-refractivity contribution in [2.45, 2.75) is 19.8 Å². The lowest BCUT2D eigenvalue weighted by Crippen LogP contribution is -2.24. The molecule has 0 spiro atoms. The van der Waals surface area contributed by atoms with Gasteiger partial charge in [-0.15, -0.1) is 11.3 Å². The van der Waals surface area contributed by atoms with Crippen LogP contribution in [0.25, 0.3) is 0 Å². The van der Waals surface area contributed by atoms with Crippen LogP contribution in [0.3, 0.4) is 0 Å². The third-order valence-electron chi connectivity index (χ3n) is 3.06. The van der Waals surface area contributed by atoms with Gasteiger partial charge in [0.2, 0.25) is 5.88 Å². The molecule has 0 bridgehead atoms. The maximum absolute atomic E-state index is 12.0. The highest BCUT2D eigenvalue weighted by atomic mass is 32.1. The summed E-state index contributed by atoms with van der Waals surface area (Å²) in [5.41, 5.74) is 6.33. The van der Waals surface area contributed by atoms with E-state index in [-0.39, 0.29) is 11.5 Å². The Labute approximate surface area is 120 Å². The smallest absolute Gasteiger partial charge is 0.338 e. The van der Waals surface area contributed by atoms with Gasteiger partial charge < -0.3 is 15.2 Å². The number of thiophene rings is 1. The molecular weight excluding hydrogens is 276 g/mol. The number of allylic oxidation sites excluding steroid dienone is 2. The fraction of sp³-hybridized carbons (Fsp3) is 0.286. The van der Waals surface area contributed by atoms with Gasteiger partial charge in [0.15, 0.2) is 0 Å². The van der Waals surface area contributed by atoms with Crippen LogP contribution in [-0.4, -0.2) is 13.1 Å². The van der Waals surface area contributed by atoms with E-state index in [0.29, 0.717) is 11.3 Å². The molecular formula is C14H14N2O3S. The minimum atomic E-state index is -0.528. The highest BCUT2D eigenvalue weighted by molar-refractivity contribution is 7.12. The molecule has 2 rings (SSSR count). The van der Waals surface area contributed by atoms with Crippen molar-refractivity contribution in [1.29, 1.82) is 5.26 Å². The number of hydrogen-bond donors (Lipinski definition) is 1. The number of rotatable bonds is 2. The summed E-state index contributed by atoms with van der Waals surface area (Å²) in [5, 5.41) is 9.32. The van der Waals surface area contributed by atoms with E-state index < -0.39 is 11.9 Å². The van der Waals surface area contributed by atoms with E-state index in [4.69, 9.17) is 15.2 Å². The highest BCUT2D eigenvalue weighted by Crippen LogP contribution is 2.41. The largest absolute Gasteiger partial charge is 0.466 e. The van der Waals surface area contributed by atoms with Gasteiger partial charge in [0.25, 0.3) is 0 Å². The van der Waals surface area contributed by atoms with Gasteiger partial charge >= 0.3 is 5.97 Å². The predicted molar refractivity (Wildman–Crippen MR) is 74.4 cm³/mol. The van der Waals surface area contributed by atoms with Crippen LogP contribution in [0.4, 0.5) is 0 Å². The van der Waals surface area contributed by atoms with E-state index in [9.17, 15) is 10.1 Å². The van der Waals surface area contributed by atoms with E-state index in [1.54, 1.807) is 6.92 Å². The summed E-state index contributed by atoms with van der Waals surface area (Å²) >= 11 is 1.51. The van der Waals surface area contributed by atoms with Gasteiger partial charge in [-0.2, -0.15) is 5.26 Å². The monoisotopic (exact) mass is 290 g/mol. The minimum absolute atomic E-state index is 0.0358. The Balaban J connectivity index is 2.62. The van der Waals surface area contributed by atoms with Crippen LogP contribution >= 0.6 is 11.3 Å². The van der Waals surface area contributed by atoms with Crippen molar-refractivity contribution < 1.29 is 14.3 Å². The van der Waals surface area contributed by atoms with Gasteiger partial charge in [0.1, 0.15) is 17.4 Å². The molecule has 0 saturated heterocycles. The van der Waals surface area contributed by atoms with Crippen LogP contribution in [0.5, 0.6) is 0 Å². The molecule has 1 aliphatic rings. The van der Waals surface area contributed by atoms with Gasteiger partial charge in [-0.3, -0.25) is 0 Å². The number of hydrogen-bond acceptors (Lipinski definition) is 6. The van der Waals surface area contributed by atoms with Crippen molar-refractivity contribution >= 4 is 17.3 Å². The number of nitrogens with two attached hydrogens (primary N) is 1. The van der Waals surface area contributed by atoms with E-state index >= 15 is 0 Å². The minimum Gasteiger partial charge on any atom is -0.466 e. The van der Waals surface area contributed by atoms with Crippen molar-refractivity contribution in [2.24, 2.45) is 5.73 Å². The lowest BCUT2D eigenvalue weighted by atomic mass is 9.87. The van der Waals surface area contributed by atoms with Crippen LogP contribution < -0.4 is 5.73 Å². The van der Waals surface area contributed by atoms with Gasteiger partial charge in [-0.1, -0.05) is 0 Å². The molecule has 0 fully saturated rings. The molecule has 2 heterocycles. The van der Waals surface area contributed by atoms with Crippen LogP contribution in [0.15, 0.2) is 34.9 Å². The number of nitrogens with zero attached hydrogens (tertiary/aromatic N) is 1. The Morgan fingerprint density at radius 3 is 2.70 bits per heavy atom. The third kappa shape index (κ3) is 2.28. The van der Waals surface area contributed by atoms with Crippen molar-refractivity contribution in [3.8, 4) is 6.07 Å². The maximum Gasteiger partial charge on any atom is 0.338 e. The second-order valence-corrected chi connectivity index (χ2v) is 5.65. The first-order valence-electron chi connectivity index (χ1n) is 5.92. The average Bonchev–Trinajstić information content (AvgIpc) is 2.83. The zero-order valence-electron chi connectivity index (χ0n) is 11.4. The number of esters is 1. The number of methoxy groups -OCH3 is 1. The molecule has 1 aromatic rings. The van der Waals surface area contributed by atoms with Crippen LogP contribution in [0, 0.1) is 18.3 Å². The first kappa shape index (κ1) is 14.2. The molecule has 0 saturated carbocycles. The van der Waals surface area contributed by atoms with Crippen molar-refractivity contribution in [2.75, 3.05) is 7.11 Å². The van der Waals surface area contributed by atoms with E-state index in [2.05, 4.69) is 0 Å². The Morgan fingerprint density at radius 1 is 1.50 bits per heavy atom. The normalized spacial score (nSPS) is 18.6. The molecule has 1 aromatic heterocycles. The van der Waals surface area contributed by atoms with Crippen LogP contribution in [0.1, 0.15) is 22.6 Å². The second kappa shape index (κ2) is 5.39. The molecule has 20 heavy (non-hydrogen) atoms. The standard InChI is InChI=1S/C14H14N2O3S/c1-7-4-5-10(20-7)12-9(6-15)13(16)19-8(2)11(12)14(17)18-3/h4-5,12H,16H2,1-3H3/t12-/m1/s1. The summed E-state index contributed by atoms with van der Waals surface area (Å²) in [6, 6.07) is 5.86. The molecule has 0 unspecified atom stereocenters. The lowest BCUT2D eigenvalue weighted by molar-refractivity contribution is -0.136. The summed E-state index contributed by atoms with van der Waals surface area (Å²) in [7, 11) is 1.30. The summed E-state index contributed by atoms with van der Waals surface area (Å²) in [5.74, 6) is -0.642. The van der Waals surface area contributed by atoms with Crippen molar-refractivity contribution in [3.63, 3.8) is 0 Å². The van der Waals surface area contributed by atoms with Crippen LogP contribution in [0.2, 0.25) is 0 Å². The molecule has 1 atom stereocenters. The SMILES string of the molecule is COC(=O)C1=C(C)OC(N)=C(C#N)[C@@H]1c1ccc(C)s1. The van der Waals surface area contributed by atoms with E-state index in [1.807, 2.05) is 25.1 Å². The number of aryl methyl sites for hydroxylation is 1. The molecule has 1 aliphatic heterocycles. The third-order valence-corrected chi connectivity index (χ3v) is 4.12. The predicted octanol–water partition coefficient (Wildman–Crippen LogP) is 2.31. The van der Waals surface area contributed by atoms with E-state index in [0.717, 1.165) is 9.75 Å². The molecule has 2 N–H and O–H groups in total. The number of carbonyl (C=O) groups excluding carboxylic acids is 1. The number of ether oxygens (including phenoxy) is 2. The average molecular weight is 290 g/mol. The Hall–Kier alpha value is -2.26. The first-order valence-corrected chi connectivity index (χ1v) is 6.74. The molecule has 0 amide bonds. The molecule has 0 aliphatic carbocycles. The molecule has 0 radical (unpaired) electrons. The number of carbonyl (C=O) groups is 1. The Bertz CT molecular complexity index is 664. The highest BCUT2D eigenvalue weighted by Gasteiger charge is 2.36. The summed E-state index contributed by atoms with van der Waals surface area (Å²) < 4.78 is 10.1.